The van der Waals surface area contributed by atoms with E-state index in [4.69, 9.17) is 4.74 Å². The van der Waals surface area contributed by atoms with E-state index in [1.54, 1.807) is 10.9 Å². The molecule has 0 aliphatic rings. The highest BCUT2D eigenvalue weighted by molar-refractivity contribution is 5.99. The highest BCUT2D eigenvalue weighted by atomic mass is 16.6. The molecule has 1 heterocycles. The molecule has 0 saturated heterocycles. The average molecular weight is 421 g/mol. The minimum absolute atomic E-state index is 0.202. The molecule has 2 aromatic carbocycles. The van der Waals surface area contributed by atoms with Crippen molar-refractivity contribution in [3.8, 4) is 16.9 Å². The number of nitrogens with zero attached hydrogens (tertiary/aromatic N) is 2. The van der Waals surface area contributed by atoms with Crippen LogP contribution in [0.2, 0.25) is 0 Å². The van der Waals surface area contributed by atoms with Gasteiger partial charge in [0, 0.05) is 11.8 Å². The summed E-state index contributed by atoms with van der Waals surface area (Å²) in [5.41, 5.74) is 4.22. The number of ether oxygens (including phenoxy) is 2. The van der Waals surface area contributed by atoms with Crippen LogP contribution < -0.4 is 5.32 Å². The lowest BCUT2D eigenvalue weighted by Crippen LogP contribution is -2.39. The number of carbonyl (C=O) groups is 3. The van der Waals surface area contributed by atoms with E-state index in [1.165, 1.54) is 6.92 Å². The number of para-hydroxylation sites is 1. The lowest BCUT2D eigenvalue weighted by Gasteiger charge is -2.12. The standard InChI is InChI=1S/C23H23N3O5/c1-14-10-11-18(15(2)12-14)20-19(13-26(25-20)17-8-6-5-7-9-17)22(28)31-16(3)21(27)24-23(29)30-4/h5-13,16H,1-4H3,(H,24,27,29)/t16-/m1/s1. The molecule has 3 aromatic rings. The Morgan fingerprint density at radius 1 is 1.06 bits per heavy atom. The van der Waals surface area contributed by atoms with Gasteiger partial charge in [0.05, 0.1) is 12.8 Å². The van der Waals surface area contributed by atoms with Crippen LogP contribution >= 0.6 is 0 Å². The molecule has 0 aliphatic carbocycles. The number of rotatable bonds is 5. The number of nitrogens with one attached hydrogen (secondary N) is 1. The Morgan fingerprint density at radius 2 is 1.77 bits per heavy atom. The van der Waals surface area contributed by atoms with E-state index in [-0.39, 0.29) is 5.56 Å². The van der Waals surface area contributed by atoms with Crippen molar-refractivity contribution >= 4 is 18.0 Å². The second kappa shape index (κ2) is 9.25. The number of hydrogen-bond acceptors (Lipinski definition) is 6. The quantitative estimate of drug-likeness (QED) is 0.632. The molecule has 8 heteroatoms. The highest BCUT2D eigenvalue weighted by Crippen LogP contribution is 2.28. The number of imide groups is 1. The van der Waals surface area contributed by atoms with E-state index in [0.717, 1.165) is 29.5 Å². The third-order valence-corrected chi connectivity index (χ3v) is 4.66. The third kappa shape index (κ3) is 4.98. The fourth-order valence-electron chi connectivity index (χ4n) is 3.05. The number of alkyl carbamates (subject to hydrolysis) is 1. The average Bonchev–Trinajstić information content (AvgIpc) is 3.19. The van der Waals surface area contributed by atoms with Crippen LogP contribution in [0.25, 0.3) is 16.9 Å². The Bertz CT molecular complexity index is 1120. The third-order valence-electron chi connectivity index (χ3n) is 4.66. The van der Waals surface area contributed by atoms with Crippen molar-refractivity contribution in [2.45, 2.75) is 26.9 Å². The fourth-order valence-corrected chi connectivity index (χ4v) is 3.05. The largest absolute Gasteiger partial charge is 0.453 e. The van der Waals surface area contributed by atoms with Crippen molar-refractivity contribution in [3.63, 3.8) is 0 Å². The summed E-state index contributed by atoms with van der Waals surface area (Å²) in [6, 6.07) is 15.2. The number of benzene rings is 2. The Balaban J connectivity index is 1.97. The number of esters is 1. The van der Waals surface area contributed by atoms with Gasteiger partial charge in [-0.2, -0.15) is 5.10 Å². The summed E-state index contributed by atoms with van der Waals surface area (Å²) >= 11 is 0. The molecule has 2 amide bonds. The first kappa shape index (κ1) is 21.8. The van der Waals surface area contributed by atoms with Crippen LogP contribution in [0, 0.1) is 13.8 Å². The molecule has 0 radical (unpaired) electrons. The van der Waals surface area contributed by atoms with Crippen LogP contribution in [0.3, 0.4) is 0 Å². The van der Waals surface area contributed by atoms with E-state index in [1.807, 2.05) is 67.7 Å². The summed E-state index contributed by atoms with van der Waals surface area (Å²) < 4.78 is 11.3. The van der Waals surface area contributed by atoms with Crippen LogP contribution in [0.4, 0.5) is 4.79 Å². The normalized spacial score (nSPS) is 11.5. The molecule has 1 N–H and O–H groups in total. The SMILES string of the molecule is COC(=O)NC(=O)[C@@H](C)OC(=O)c1cn(-c2ccccc2)nc1-c1ccc(C)cc1C. The second-order valence-corrected chi connectivity index (χ2v) is 7.02. The van der Waals surface area contributed by atoms with Crippen LogP contribution in [-0.2, 0) is 14.3 Å². The molecule has 31 heavy (non-hydrogen) atoms. The topological polar surface area (TPSA) is 99.5 Å². The van der Waals surface area contributed by atoms with Gasteiger partial charge in [0.25, 0.3) is 5.91 Å². The van der Waals surface area contributed by atoms with E-state index in [0.29, 0.717) is 5.69 Å². The number of methoxy groups -OCH3 is 1. The fraction of sp³-hybridized carbons (Fsp3) is 0.217. The number of amides is 2. The van der Waals surface area contributed by atoms with Gasteiger partial charge in [-0.15, -0.1) is 0 Å². The Kier molecular flexibility index (Phi) is 6.49. The number of carbonyl (C=O) groups excluding carboxylic acids is 3. The molecule has 0 unspecified atom stereocenters. The van der Waals surface area contributed by atoms with Gasteiger partial charge in [0.2, 0.25) is 0 Å². The van der Waals surface area contributed by atoms with Gasteiger partial charge < -0.3 is 9.47 Å². The molecule has 3 rings (SSSR count). The number of aryl methyl sites for hydroxylation is 2. The van der Waals surface area contributed by atoms with Crippen molar-refractivity contribution in [3.05, 3.63) is 71.4 Å². The van der Waals surface area contributed by atoms with Gasteiger partial charge in [-0.1, -0.05) is 42.0 Å². The molecule has 160 valence electrons. The maximum atomic E-state index is 13.0. The molecule has 1 atom stereocenters. The van der Waals surface area contributed by atoms with Crippen molar-refractivity contribution in [2.24, 2.45) is 0 Å². The first-order chi connectivity index (χ1) is 14.8. The first-order valence-electron chi connectivity index (χ1n) is 9.62. The van der Waals surface area contributed by atoms with Crippen molar-refractivity contribution in [2.75, 3.05) is 7.11 Å². The van der Waals surface area contributed by atoms with Gasteiger partial charge in [-0.05, 0) is 38.5 Å². The van der Waals surface area contributed by atoms with Crippen LogP contribution in [-0.4, -0.2) is 41.0 Å². The maximum Gasteiger partial charge on any atom is 0.413 e. The minimum Gasteiger partial charge on any atom is -0.453 e. The van der Waals surface area contributed by atoms with Gasteiger partial charge >= 0.3 is 12.1 Å². The van der Waals surface area contributed by atoms with E-state index >= 15 is 0 Å². The summed E-state index contributed by atoms with van der Waals surface area (Å²) in [6.45, 7) is 5.29. The summed E-state index contributed by atoms with van der Waals surface area (Å²) in [5, 5.41) is 6.60. The molecular formula is C23H23N3O5. The zero-order valence-electron chi connectivity index (χ0n) is 17.7. The van der Waals surface area contributed by atoms with Gasteiger partial charge in [-0.25, -0.2) is 14.3 Å². The molecule has 8 nitrogen and oxygen atoms in total. The molecular weight excluding hydrogens is 398 g/mol. The molecule has 0 fully saturated rings. The molecule has 0 aliphatic heterocycles. The number of aromatic nitrogens is 2. The minimum atomic E-state index is -1.21. The summed E-state index contributed by atoms with van der Waals surface area (Å²) in [4.78, 5) is 36.2. The smallest absolute Gasteiger partial charge is 0.413 e. The molecule has 0 bridgehead atoms. The summed E-state index contributed by atoms with van der Waals surface area (Å²) in [6.07, 6.45) is -0.573. The summed E-state index contributed by atoms with van der Waals surface area (Å²) in [5.74, 6) is -1.52. The molecule has 0 spiro atoms. The van der Waals surface area contributed by atoms with Crippen molar-refractivity contribution < 1.29 is 23.9 Å². The first-order valence-corrected chi connectivity index (χ1v) is 9.62. The van der Waals surface area contributed by atoms with Crippen LogP contribution in [0.5, 0.6) is 0 Å². The van der Waals surface area contributed by atoms with E-state index < -0.39 is 24.1 Å². The predicted octanol–water partition coefficient (Wildman–Crippen LogP) is 3.58. The van der Waals surface area contributed by atoms with Crippen molar-refractivity contribution in [1.82, 2.24) is 15.1 Å². The number of hydrogen-bond donors (Lipinski definition) is 1. The van der Waals surface area contributed by atoms with E-state index in [9.17, 15) is 14.4 Å². The van der Waals surface area contributed by atoms with Gasteiger partial charge in [-0.3, -0.25) is 10.1 Å². The zero-order chi connectivity index (χ0) is 22.5. The van der Waals surface area contributed by atoms with Crippen molar-refractivity contribution in [1.29, 1.82) is 0 Å². The van der Waals surface area contributed by atoms with Crippen LogP contribution in [0.1, 0.15) is 28.4 Å². The van der Waals surface area contributed by atoms with Gasteiger partial charge in [0.1, 0.15) is 11.3 Å². The monoisotopic (exact) mass is 421 g/mol. The Hall–Kier alpha value is -3.94. The lowest BCUT2D eigenvalue weighted by molar-refractivity contribution is -0.128. The molecule has 1 aromatic heterocycles. The lowest BCUT2D eigenvalue weighted by atomic mass is 10.0. The predicted molar refractivity (Wildman–Crippen MR) is 114 cm³/mol. The van der Waals surface area contributed by atoms with Gasteiger partial charge in [0.15, 0.2) is 6.10 Å². The summed E-state index contributed by atoms with van der Waals surface area (Å²) in [7, 11) is 1.13. The Morgan fingerprint density at radius 3 is 2.42 bits per heavy atom. The Labute approximate surface area is 179 Å². The second-order valence-electron chi connectivity index (χ2n) is 7.02. The maximum absolute atomic E-state index is 13.0. The van der Waals surface area contributed by atoms with Crippen LogP contribution in [0.15, 0.2) is 54.7 Å². The highest BCUT2D eigenvalue weighted by Gasteiger charge is 2.26. The zero-order valence-corrected chi connectivity index (χ0v) is 17.7. The van der Waals surface area contributed by atoms with E-state index in [2.05, 4.69) is 9.84 Å². The molecule has 0 saturated carbocycles.